The van der Waals surface area contributed by atoms with Crippen LogP contribution in [0.15, 0.2) is 22.9 Å². The normalized spacial score (nSPS) is 10.2. The number of thiophene rings is 1. The standard InChI is InChI=1S/C12H11NO4S2/c1-2-16-10(14)6-17-12(15)8-7-19-11(13-8)9-4-3-5-18-9/h3-5,7H,2,6H2,1H3. The molecule has 0 N–H and O–H groups in total. The Labute approximate surface area is 117 Å². The molecule has 2 rings (SSSR count). The average molecular weight is 297 g/mol. The molecule has 0 unspecified atom stereocenters. The maximum atomic E-state index is 11.7. The third kappa shape index (κ3) is 3.62. The van der Waals surface area contributed by atoms with Gasteiger partial charge in [0.15, 0.2) is 12.3 Å². The highest BCUT2D eigenvalue weighted by Gasteiger charge is 2.15. The average Bonchev–Trinajstić information content (AvgIpc) is 3.06. The number of esters is 2. The van der Waals surface area contributed by atoms with E-state index in [2.05, 4.69) is 9.72 Å². The summed E-state index contributed by atoms with van der Waals surface area (Å²) in [6.45, 7) is 1.56. The van der Waals surface area contributed by atoms with E-state index in [-0.39, 0.29) is 12.3 Å². The van der Waals surface area contributed by atoms with Crippen molar-refractivity contribution in [3.63, 3.8) is 0 Å². The van der Waals surface area contributed by atoms with Gasteiger partial charge in [0.05, 0.1) is 11.5 Å². The number of hydrogen-bond acceptors (Lipinski definition) is 7. The topological polar surface area (TPSA) is 65.5 Å². The Kier molecular flexibility index (Phi) is 4.64. The lowest BCUT2D eigenvalue weighted by Crippen LogP contribution is -2.16. The summed E-state index contributed by atoms with van der Waals surface area (Å²) >= 11 is 2.91. The molecule has 0 aliphatic rings. The second-order valence-electron chi connectivity index (χ2n) is 3.40. The van der Waals surface area contributed by atoms with Gasteiger partial charge >= 0.3 is 11.9 Å². The van der Waals surface area contributed by atoms with Crippen LogP contribution in [-0.2, 0) is 14.3 Å². The van der Waals surface area contributed by atoms with E-state index in [4.69, 9.17) is 4.74 Å². The molecule has 0 fully saturated rings. The Morgan fingerprint density at radius 1 is 1.32 bits per heavy atom. The van der Waals surface area contributed by atoms with E-state index in [9.17, 15) is 9.59 Å². The van der Waals surface area contributed by atoms with E-state index in [0.29, 0.717) is 0 Å². The third-order valence-corrected chi connectivity index (χ3v) is 3.95. The van der Waals surface area contributed by atoms with Crippen LogP contribution in [-0.4, -0.2) is 30.1 Å². The molecule has 0 aromatic carbocycles. The molecule has 7 heteroatoms. The predicted octanol–water partition coefficient (Wildman–Crippen LogP) is 2.59. The lowest BCUT2D eigenvalue weighted by molar-refractivity contribution is -0.146. The van der Waals surface area contributed by atoms with Crippen molar-refractivity contribution in [1.29, 1.82) is 0 Å². The van der Waals surface area contributed by atoms with Crippen molar-refractivity contribution in [2.24, 2.45) is 0 Å². The first-order chi connectivity index (χ1) is 9.20. The number of aromatic nitrogens is 1. The van der Waals surface area contributed by atoms with Crippen LogP contribution in [0.1, 0.15) is 17.4 Å². The summed E-state index contributed by atoms with van der Waals surface area (Å²) in [5.41, 5.74) is 0.206. The minimum Gasteiger partial charge on any atom is -0.463 e. The van der Waals surface area contributed by atoms with Crippen molar-refractivity contribution in [3.8, 4) is 9.88 Å². The number of hydrogen-bond donors (Lipinski definition) is 0. The molecule has 0 atom stereocenters. The molecule has 2 heterocycles. The van der Waals surface area contributed by atoms with Gasteiger partial charge in [0.1, 0.15) is 5.01 Å². The minimum atomic E-state index is -0.618. The molecule has 0 aliphatic carbocycles. The van der Waals surface area contributed by atoms with Crippen molar-refractivity contribution >= 4 is 34.6 Å². The van der Waals surface area contributed by atoms with Gasteiger partial charge in [-0.2, -0.15) is 0 Å². The fraction of sp³-hybridized carbons (Fsp3) is 0.250. The zero-order valence-corrected chi connectivity index (χ0v) is 11.8. The molecule has 19 heavy (non-hydrogen) atoms. The van der Waals surface area contributed by atoms with Gasteiger partial charge in [-0.3, -0.25) is 0 Å². The lowest BCUT2D eigenvalue weighted by atomic mass is 10.4. The zero-order chi connectivity index (χ0) is 13.7. The monoisotopic (exact) mass is 297 g/mol. The van der Waals surface area contributed by atoms with Gasteiger partial charge in [0.25, 0.3) is 0 Å². The van der Waals surface area contributed by atoms with Crippen LogP contribution in [0.4, 0.5) is 0 Å². The quantitative estimate of drug-likeness (QED) is 0.794. The number of thiazole rings is 1. The molecule has 0 spiro atoms. The Hall–Kier alpha value is -1.73. The van der Waals surface area contributed by atoms with E-state index in [1.807, 2.05) is 17.5 Å². The van der Waals surface area contributed by atoms with Crippen molar-refractivity contribution in [3.05, 3.63) is 28.6 Å². The highest BCUT2D eigenvalue weighted by Crippen LogP contribution is 2.27. The van der Waals surface area contributed by atoms with Crippen molar-refractivity contribution in [2.45, 2.75) is 6.92 Å². The van der Waals surface area contributed by atoms with Crippen LogP contribution in [0.25, 0.3) is 9.88 Å². The van der Waals surface area contributed by atoms with Crippen LogP contribution in [0, 0.1) is 0 Å². The molecular formula is C12H11NO4S2. The van der Waals surface area contributed by atoms with Crippen LogP contribution in [0.3, 0.4) is 0 Å². The van der Waals surface area contributed by atoms with Crippen molar-refractivity contribution in [2.75, 3.05) is 13.2 Å². The molecule has 0 saturated carbocycles. The van der Waals surface area contributed by atoms with E-state index in [1.165, 1.54) is 11.3 Å². The fourth-order valence-electron chi connectivity index (χ4n) is 1.28. The first-order valence-corrected chi connectivity index (χ1v) is 7.28. The van der Waals surface area contributed by atoms with E-state index in [1.54, 1.807) is 23.6 Å². The van der Waals surface area contributed by atoms with Crippen LogP contribution >= 0.6 is 22.7 Å². The Balaban J connectivity index is 1.95. The second kappa shape index (κ2) is 6.44. The van der Waals surface area contributed by atoms with Gasteiger partial charge in [-0.25, -0.2) is 14.6 Å². The van der Waals surface area contributed by atoms with Crippen LogP contribution in [0.2, 0.25) is 0 Å². The Morgan fingerprint density at radius 2 is 2.16 bits per heavy atom. The molecule has 2 aromatic heterocycles. The molecule has 0 bridgehead atoms. The first-order valence-electron chi connectivity index (χ1n) is 5.53. The highest BCUT2D eigenvalue weighted by atomic mass is 32.1. The van der Waals surface area contributed by atoms with Crippen LogP contribution in [0.5, 0.6) is 0 Å². The van der Waals surface area contributed by atoms with Gasteiger partial charge in [-0.1, -0.05) is 6.07 Å². The highest BCUT2D eigenvalue weighted by molar-refractivity contribution is 7.20. The number of carbonyl (C=O) groups excluding carboxylic acids is 2. The minimum absolute atomic E-state index is 0.206. The third-order valence-electron chi connectivity index (χ3n) is 2.07. The number of nitrogens with zero attached hydrogens (tertiary/aromatic N) is 1. The van der Waals surface area contributed by atoms with Gasteiger partial charge in [-0.15, -0.1) is 22.7 Å². The SMILES string of the molecule is CCOC(=O)COC(=O)c1csc(-c2cccs2)n1. The molecule has 2 aromatic rings. The van der Waals surface area contributed by atoms with Crippen molar-refractivity contribution < 1.29 is 19.1 Å². The van der Waals surface area contributed by atoms with Gasteiger partial charge in [-0.05, 0) is 18.4 Å². The summed E-state index contributed by atoms with van der Waals surface area (Å²) in [7, 11) is 0. The van der Waals surface area contributed by atoms with Crippen molar-refractivity contribution in [1.82, 2.24) is 4.98 Å². The number of carbonyl (C=O) groups is 2. The summed E-state index contributed by atoms with van der Waals surface area (Å²) in [4.78, 5) is 27.9. The molecule has 0 radical (unpaired) electrons. The van der Waals surface area contributed by atoms with E-state index >= 15 is 0 Å². The molecule has 0 aliphatic heterocycles. The molecule has 0 saturated heterocycles. The molecular weight excluding hydrogens is 286 g/mol. The second-order valence-corrected chi connectivity index (χ2v) is 5.20. The Morgan fingerprint density at radius 3 is 2.84 bits per heavy atom. The lowest BCUT2D eigenvalue weighted by Gasteiger charge is -2.02. The predicted molar refractivity (Wildman–Crippen MR) is 72.3 cm³/mol. The molecule has 100 valence electrons. The van der Waals surface area contributed by atoms with E-state index in [0.717, 1.165) is 9.88 Å². The van der Waals surface area contributed by atoms with Crippen LogP contribution < -0.4 is 0 Å². The smallest absolute Gasteiger partial charge is 0.358 e. The fourth-order valence-corrected chi connectivity index (χ4v) is 2.89. The Bertz CT molecular complexity index is 562. The summed E-state index contributed by atoms with van der Waals surface area (Å²) < 4.78 is 9.47. The maximum Gasteiger partial charge on any atom is 0.358 e. The number of rotatable bonds is 5. The largest absolute Gasteiger partial charge is 0.463 e. The van der Waals surface area contributed by atoms with Gasteiger partial charge < -0.3 is 9.47 Å². The zero-order valence-electron chi connectivity index (χ0n) is 10.1. The molecule has 0 amide bonds. The first kappa shape index (κ1) is 13.7. The number of ether oxygens (including phenoxy) is 2. The summed E-state index contributed by atoms with van der Waals surface area (Å²) in [6, 6.07) is 3.84. The molecule has 5 nitrogen and oxygen atoms in total. The maximum absolute atomic E-state index is 11.7. The van der Waals surface area contributed by atoms with Gasteiger partial charge in [0, 0.05) is 5.38 Å². The van der Waals surface area contributed by atoms with E-state index < -0.39 is 18.5 Å². The summed E-state index contributed by atoms with van der Waals surface area (Å²) in [6.07, 6.45) is 0. The summed E-state index contributed by atoms with van der Waals surface area (Å²) in [5.74, 6) is -1.18. The summed E-state index contributed by atoms with van der Waals surface area (Å²) in [5, 5.41) is 4.32. The van der Waals surface area contributed by atoms with Gasteiger partial charge in [0.2, 0.25) is 0 Å².